The van der Waals surface area contributed by atoms with E-state index in [1.165, 1.54) is 0 Å². The van der Waals surface area contributed by atoms with Crippen LogP contribution in [0.25, 0.3) is 0 Å². The molecule has 0 aliphatic heterocycles. The Morgan fingerprint density at radius 2 is 2.16 bits per heavy atom. The fourth-order valence-corrected chi connectivity index (χ4v) is 2.10. The topological polar surface area (TPSA) is 96.2 Å². The third-order valence-corrected chi connectivity index (χ3v) is 3.48. The van der Waals surface area contributed by atoms with Gasteiger partial charge in [-0.3, -0.25) is 4.68 Å². The number of carbonyl (C=O) groups is 1. The highest BCUT2D eigenvalue weighted by Crippen LogP contribution is 2.23. The second kappa shape index (κ2) is 6.54. The molecule has 0 fully saturated rings. The van der Waals surface area contributed by atoms with E-state index in [0.717, 1.165) is 0 Å². The molecule has 0 saturated carbocycles. The minimum Gasteiger partial charge on any atom is -0.452 e. The Labute approximate surface area is 144 Å². The lowest BCUT2D eigenvalue weighted by Gasteiger charge is -2.11. The van der Waals surface area contributed by atoms with Crippen molar-refractivity contribution in [3.63, 3.8) is 0 Å². The average Bonchev–Trinajstić information content (AvgIpc) is 3.28. The van der Waals surface area contributed by atoms with Gasteiger partial charge in [-0.2, -0.15) is 10.1 Å². The average molecular weight is 344 g/mol. The monoisotopic (exact) mass is 344 g/mol. The van der Waals surface area contributed by atoms with Crippen molar-refractivity contribution in [3.8, 4) is 0 Å². The molecule has 0 spiro atoms. The predicted octanol–water partition coefficient (Wildman–Crippen LogP) is 3.12. The molecule has 0 aliphatic rings. The Bertz CT molecular complexity index is 842. The number of hydrogen-bond acceptors (Lipinski definition) is 7. The number of hydrogen-bond donors (Lipinski definition) is 0. The van der Waals surface area contributed by atoms with Crippen LogP contribution in [-0.4, -0.2) is 25.9 Å². The van der Waals surface area contributed by atoms with Crippen LogP contribution < -0.4 is 0 Å². The Hall–Kier alpha value is -2.90. The van der Waals surface area contributed by atoms with Crippen molar-refractivity contribution in [2.75, 3.05) is 0 Å². The first-order valence-electron chi connectivity index (χ1n) is 7.94. The van der Waals surface area contributed by atoms with Gasteiger partial charge in [0.25, 0.3) is 5.89 Å². The molecule has 0 saturated heterocycles. The van der Waals surface area contributed by atoms with Crippen molar-refractivity contribution < 1.29 is 18.5 Å². The van der Waals surface area contributed by atoms with Gasteiger partial charge in [0.05, 0.1) is 6.54 Å². The van der Waals surface area contributed by atoms with E-state index in [-0.39, 0.29) is 17.1 Å². The summed E-state index contributed by atoms with van der Waals surface area (Å²) >= 11 is 0. The summed E-state index contributed by atoms with van der Waals surface area (Å²) in [6.07, 6.45) is 2.82. The maximum absolute atomic E-state index is 12.2. The molecular formula is C17H20N4O4. The summed E-state index contributed by atoms with van der Waals surface area (Å²) in [5.74, 6) is 0.946. The van der Waals surface area contributed by atoms with Crippen LogP contribution in [0.1, 0.15) is 61.8 Å². The van der Waals surface area contributed by atoms with Gasteiger partial charge >= 0.3 is 5.97 Å². The lowest BCUT2D eigenvalue weighted by atomic mass is 9.96. The quantitative estimate of drug-likeness (QED) is 0.656. The van der Waals surface area contributed by atoms with Gasteiger partial charge in [0.1, 0.15) is 5.76 Å². The van der Waals surface area contributed by atoms with E-state index in [1.807, 2.05) is 33.0 Å². The van der Waals surface area contributed by atoms with E-state index in [4.69, 9.17) is 13.7 Å². The number of ether oxygens (including phenoxy) is 1. The molecule has 8 nitrogen and oxygen atoms in total. The number of carbonyl (C=O) groups excluding carboxylic acids is 1. The molecule has 3 aromatic rings. The summed E-state index contributed by atoms with van der Waals surface area (Å²) in [6.45, 7) is 8.03. The summed E-state index contributed by atoms with van der Waals surface area (Å²) in [5.41, 5.74) is -0.242. The molecule has 8 heteroatoms. The van der Waals surface area contributed by atoms with Gasteiger partial charge in [-0.25, -0.2) is 4.79 Å². The van der Waals surface area contributed by atoms with Crippen molar-refractivity contribution >= 4 is 5.97 Å². The molecule has 0 amide bonds. The summed E-state index contributed by atoms with van der Waals surface area (Å²) in [7, 11) is 0. The molecule has 0 bridgehead atoms. The van der Waals surface area contributed by atoms with Crippen LogP contribution in [0.4, 0.5) is 0 Å². The lowest BCUT2D eigenvalue weighted by Crippen LogP contribution is -2.14. The van der Waals surface area contributed by atoms with E-state index < -0.39 is 12.1 Å². The second-order valence-corrected chi connectivity index (χ2v) is 6.72. The molecule has 3 aromatic heterocycles. The fourth-order valence-electron chi connectivity index (χ4n) is 2.10. The van der Waals surface area contributed by atoms with Crippen LogP contribution in [-0.2, 0) is 16.7 Å². The van der Waals surface area contributed by atoms with Crippen molar-refractivity contribution in [1.82, 2.24) is 19.9 Å². The van der Waals surface area contributed by atoms with Crippen molar-refractivity contribution in [2.45, 2.75) is 45.8 Å². The van der Waals surface area contributed by atoms with Crippen LogP contribution in [0.5, 0.6) is 0 Å². The summed E-state index contributed by atoms with van der Waals surface area (Å²) in [6, 6.07) is 5.10. The van der Waals surface area contributed by atoms with Crippen LogP contribution in [0.15, 0.2) is 39.5 Å². The zero-order chi connectivity index (χ0) is 18.0. The number of nitrogens with zero attached hydrogens (tertiary/aromatic N) is 4. The number of aromatic nitrogens is 4. The van der Waals surface area contributed by atoms with E-state index in [1.54, 1.807) is 29.9 Å². The van der Waals surface area contributed by atoms with E-state index >= 15 is 0 Å². The molecule has 25 heavy (non-hydrogen) atoms. The highest BCUT2D eigenvalue weighted by Gasteiger charge is 2.25. The molecule has 132 valence electrons. The van der Waals surface area contributed by atoms with Crippen LogP contribution in [0.2, 0.25) is 0 Å². The third-order valence-electron chi connectivity index (χ3n) is 3.48. The van der Waals surface area contributed by atoms with E-state index in [2.05, 4.69) is 15.2 Å². The number of furan rings is 1. The first kappa shape index (κ1) is 16.9. The Kier molecular flexibility index (Phi) is 4.43. The molecular weight excluding hydrogens is 324 g/mol. The summed E-state index contributed by atoms with van der Waals surface area (Å²) < 4.78 is 17.7. The van der Waals surface area contributed by atoms with Gasteiger partial charge in [0, 0.05) is 17.8 Å². The molecule has 0 aliphatic carbocycles. The normalized spacial score (nSPS) is 13.0. The molecule has 0 N–H and O–H groups in total. The Morgan fingerprint density at radius 1 is 1.36 bits per heavy atom. The molecule has 3 heterocycles. The predicted molar refractivity (Wildman–Crippen MR) is 86.9 cm³/mol. The highest BCUT2D eigenvalue weighted by molar-refractivity contribution is 5.86. The van der Waals surface area contributed by atoms with E-state index in [9.17, 15) is 4.79 Å². The van der Waals surface area contributed by atoms with Gasteiger partial charge in [-0.05, 0) is 25.1 Å². The zero-order valence-corrected chi connectivity index (χ0v) is 14.6. The van der Waals surface area contributed by atoms with Crippen molar-refractivity contribution in [2.24, 2.45) is 0 Å². The zero-order valence-electron chi connectivity index (χ0n) is 14.6. The van der Waals surface area contributed by atoms with Crippen LogP contribution in [0, 0.1) is 0 Å². The number of esters is 1. The largest absolute Gasteiger partial charge is 0.452 e. The van der Waals surface area contributed by atoms with Gasteiger partial charge in [-0.15, -0.1) is 0 Å². The third kappa shape index (κ3) is 3.96. The summed E-state index contributed by atoms with van der Waals surface area (Å²) in [5, 5.41) is 8.01. The van der Waals surface area contributed by atoms with Crippen molar-refractivity contribution in [1.29, 1.82) is 0 Å². The van der Waals surface area contributed by atoms with Gasteiger partial charge in [0.15, 0.2) is 11.9 Å². The van der Waals surface area contributed by atoms with Gasteiger partial charge < -0.3 is 13.7 Å². The second-order valence-electron chi connectivity index (χ2n) is 6.72. The van der Waals surface area contributed by atoms with Gasteiger partial charge in [0.2, 0.25) is 5.76 Å². The smallest absolute Gasteiger partial charge is 0.375 e. The molecule has 0 radical (unpaired) electrons. The first-order chi connectivity index (χ1) is 11.8. The van der Waals surface area contributed by atoms with E-state index in [0.29, 0.717) is 18.1 Å². The highest BCUT2D eigenvalue weighted by atomic mass is 16.6. The lowest BCUT2D eigenvalue weighted by molar-refractivity contribution is 0.0228. The maximum atomic E-state index is 12.2. The molecule has 1 unspecified atom stereocenters. The van der Waals surface area contributed by atoms with Crippen molar-refractivity contribution in [3.05, 3.63) is 53.8 Å². The molecule has 3 rings (SSSR count). The fraction of sp³-hybridized carbons (Fsp3) is 0.412. The SMILES string of the molecule is CC(OC(=O)c1ccc(Cn2cccn2)o1)c1nc(C(C)(C)C)no1. The maximum Gasteiger partial charge on any atom is 0.375 e. The van der Waals surface area contributed by atoms with Gasteiger partial charge in [-0.1, -0.05) is 25.9 Å². The summed E-state index contributed by atoms with van der Waals surface area (Å²) in [4.78, 5) is 16.5. The minimum absolute atomic E-state index is 0.115. The molecule has 1 atom stereocenters. The number of rotatable bonds is 5. The van der Waals surface area contributed by atoms with Crippen LogP contribution >= 0.6 is 0 Å². The molecule has 0 aromatic carbocycles. The first-order valence-corrected chi connectivity index (χ1v) is 7.94. The Morgan fingerprint density at radius 3 is 2.80 bits per heavy atom. The Balaban J connectivity index is 1.63. The van der Waals surface area contributed by atoms with Crippen LogP contribution in [0.3, 0.4) is 0 Å². The standard InChI is InChI=1S/C17H20N4O4/c1-11(14-19-16(20-25-14)17(2,3)4)23-15(22)13-7-6-12(24-13)10-21-9-5-8-18-21/h5-9,11H,10H2,1-4H3. The minimum atomic E-state index is -0.671.